The molecule has 0 aliphatic carbocycles. The SMILES string of the molecule is Cn1ncnc1Sc1nc(NN)nc(N2CCOCC2)n1. The monoisotopic (exact) mass is 309 g/mol. The minimum absolute atomic E-state index is 0.316. The lowest BCUT2D eigenvalue weighted by Gasteiger charge is -2.26. The van der Waals surface area contributed by atoms with Gasteiger partial charge in [-0.3, -0.25) is 5.43 Å². The molecule has 10 nitrogen and oxygen atoms in total. The van der Waals surface area contributed by atoms with Crippen LogP contribution in [0.4, 0.5) is 11.9 Å². The summed E-state index contributed by atoms with van der Waals surface area (Å²) in [7, 11) is 1.81. The van der Waals surface area contributed by atoms with Gasteiger partial charge in [0.15, 0.2) is 5.16 Å². The van der Waals surface area contributed by atoms with E-state index in [0.29, 0.717) is 35.4 Å². The molecule has 3 N–H and O–H groups in total. The standard InChI is InChI=1S/C10H15N9OS/c1-18-10(12-6-13-18)21-9-15-7(17-11)14-8(16-9)19-2-4-20-5-3-19/h6H,2-5,11H2,1H3,(H,14,15,16,17). The smallest absolute Gasteiger partial charge is 0.242 e. The molecular formula is C10H15N9OS. The van der Waals surface area contributed by atoms with E-state index in [4.69, 9.17) is 10.6 Å². The zero-order valence-corrected chi connectivity index (χ0v) is 12.2. The molecule has 1 fully saturated rings. The van der Waals surface area contributed by atoms with Crippen molar-refractivity contribution in [3.05, 3.63) is 6.33 Å². The lowest BCUT2D eigenvalue weighted by molar-refractivity contribution is 0.122. The number of rotatable bonds is 4. The van der Waals surface area contributed by atoms with Gasteiger partial charge >= 0.3 is 0 Å². The quantitative estimate of drug-likeness (QED) is 0.552. The molecule has 0 unspecified atom stereocenters. The van der Waals surface area contributed by atoms with Crippen LogP contribution in [0.25, 0.3) is 0 Å². The molecular weight excluding hydrogens is 294 g/mol. The topological polar surface area (TPSA) is 120 Å². The maximum absolute atomic E-state index is 5.43. The molecule has 0 amide bonds. The Labute approximate surface area is 125 Å². The van der Waals surface area contributed by atoms with Crippen LogP contribution in [0.1, 0.15) is 0 Å². The van der Waals surface area contributed by atoms with Crippen molar-refractivity contribution >= 4 is 23.7 Å². The number of aryl methyl sites for hydroxylation is 1. The van der Waals surface area contributed by atoms with Crippen LogP contribution in [0.3, 0.4) is 0 Å². The van der Waals surface area contributed by atoms with Gasteiger partial charge in [-0.05, 0) is 11.8 Å². The van der Waals surface area contributed by atoms with E-state index < -0.39 is 0 Å². The largest absolute Gasteiger partial charge is 0.378 e. The molecule has 3 rings (SSSR count). The first-order valence-corrected chi connectivity index (χ1v) is 7.15. The molecule has 0 atom stereocenters. The number of nitrogen functional groups attached to an aromatic ring is 1. The Balaban J connectivity index is 1.87. The van der Waals surface area contributed by atoms with Crippen molar-refractivity contribution in [1.82, 2.24) is 29.7 Å². The zero-order chi connectivity index (χ0) is 14.7. The summed E-state index contributed by atoms with van der Waals surface area (Å²) in [6, 6.07) is 0. The molecule has 0 aromatic carbocycles. The van der Waals surface area contributed by atoms with E-state index in [1.165, 1.54) is 18.1 Å². The molecule has 1 aliphatic heterocycles. The fourth-order valence-corrected chi connectivity index (χ4v) is 2.52. The van der Waals surface area contributed by atoms with Crippen LogP contribution < -0.4 is 16.2 Å². The number of nitrogens with two attached hydrogens (primary N) is 1. The Hall–Kier alpha value is -1.98. The van der Waals surface area contributed by atoms with Gasteiger partial charge in [-0.2, -0.15) is 20.1 Å². The lowest BCUT2D eigenvalue weighted by Crippen LogP contribution is -2.37. The average Bonchev–Trinajstić information content (AvgIpc) is 2.93. The number of anilines is 2. The second-order valence-corrected chi connectivity index (χ2v) is 5.19. The molecule has 1 saturated heterocycles. The Morgan fingerprint density at radius 1 is 1.29 bits per heavy atom. The van der Waals surface area contributed by atoms with Crippen LogP contribution in [0.5, 0.6) is 0 Å². The third kappa shape index (κ3) is 3.20. The number of aromatic nitrogens is 6. The van der Waals surface area contributed by atoms with Gasteiger partial charge in [0, 0.05) is 20.1 Å². The summed E-state index contributed by atoms with van der Waals surface area (Å²) >= 11 is 1.30. The number of ether oxygens (including phenoxy) is 1. The molecule has 0 radical (unpaired) electrons. The number of nitrogens with one attached hydrogen (secondary N) is 1. The fourth-order valence-electron chi connectivity index (χ4n) is 1.82. The fraction of sp³-hybridized carbons (Fsp3) is 0.500. The van der Waals surface area contributed by atoms with Crippen LogP contribution in [-0.2, 0) is 11.8 Å². The number of hydrogen-bond donors (Lipinski definition) is 2. The minimum atomic E-state index is 0.316. The van der Waals surface area contributed by atoms with E-state index in [1.54, 1.807) is 4.68 Å². The predicted octanol–water partition coefficient (Wildman–Crippen LogP) is -0.726. The summed E-state index contributed by atoms with van der Waals surface area (Å²) in [6.07, 6.45) is 1.48. The highest BCUT2D eigenvalue weighted by molar-refractivity contribution is 7.99. The van der Waals surface area contributed by atoms with Gasteiger partial charge < -0.3 is 9.64 Å². The molecule has 0 saturated carbocycles. The van der Waals surface area contributed by atoms with Gasteiger partial charge in [-0.15, -0.1) is 0 Å². The van der Waals surface area contributed by atoms with Crippen molar-refractivity contribution in [2.24, 2.45) is 12.9 Å². The number of hydrogen-bond acceptors (Lipinski definition) is 10. The van der Waals surface area contributed by atoms with Crippen LogP contribution in [0.15, 0.2) is 16.6 Å². The minimum Gasteiger partial charge on any atom is -0.378 e. The molecule has 2 aromatic rings. The van der Waals surface area contributed by atoms with Gasteiger partial charge in [0.05, 0.1) is 13.2 Å². The van der Waals surface area contributed by atoms with Gasteiger partial charge in [0.1, 0.15) is 6.33 Å². The summed E-state index contributed by atoms with van der Waals surface area (Å²) < 4.78 is 6.98. The molecule has 2 aromatic heterocycles. The van der Waals surface area contributed by atoms with Gasteiger partial charge in [-0.25, -0.2) is 15.5 Å². The number of nitrogens with zero attached hydrogens (tertiary/aromatic N) is 7. The number of morpholine rings is 1. The van der Waals surface area contributed by atoms with Crippen molar-refractivity contribution in [1.29, 1.82) is 0 Å². The van der Waals surface area contributed by atoms with Gasteiger partial charge in [0.2, 0.25) is 17.1 Å². The first kappa shape index (κ1) is 14.0. The predicted molar refractivity (Wildman–Crippen MR) is 75.8 cm³/mol. The molecule has 11 heteroatoms. The molecule has 3 heterocycles. The summed E-state index contributed by atoms with van der Waals surface area (Å²) in [5.74, 6) is 6.32. The molecule has 0 bridgehead atoms. The second-order valence-electron chi connectivity index (χ2n) is 4.25. The van der Waals surface area contributed by atoms with E-state index in [0.717, 1.165) is 13.1 Å². The van der Waals surface area contributed by atoms with Crippen molar-refractivity contribution in [3.8, 4) is 0 Å². The Bertz CT molecular complexity index is 612. The summed E-state index contributed by atoms with van der Waals surface area (Å²) in [6.45, 7) is 2.79. The van der Waals surface area contributed by atoms with Crippen LogP contribution in [0.2, 0.25) is 0 Å². The summed E-state index contributed by atoms with van der Waals surface area (Å²) in [4.78, 5) is 19.1. The number of hydrazine groups is 1. The third-order valence-corrected chi connectivity index (χ3v) is 3.80. The van der Waals surface area contributed by atoms with Crippen molar-refractivity contribution in [2.75, 3.05) is 36.6 Å². The molecule has 1 aliphatic rings. The highest BCUT2D eigenvalue weighted by Gasteiger charge is 2.17. The van der Waals surface area contributed by atoms with Crippen molar-refractivity contribution < 1.29 is 4.74 Å². The molecule has 112 valence electrons. The van der Waals surface area contributed by atoms with Gasteiger partial charge in [0.25, 0.3) is 0 Å². The van der Waals surface area contributed by atoms with Crippen molar-refractivity contribution in [2.45, 2.75) is 10.3 Å². The molecule has 21 heavy (non-hydrogen) atoms. The first-order chi connectivity index (χ1) is 10.3. The first-order valence-electron chi connectivity index (χ1n) is 6.33. The van der Waals surface area contributed by atoms with E-state index >= 15 is 0 Å². The maximum atomic E-state index is 5.43. The molecule has 0 spiro atoms. The highest BCUT2D eigenvalue weighted by atomic mass is 32.2. The van der Waals surface area contributed by atoms with E-state index in [1.807, 2.05) is 11.9 Å². The lowest BCUT2D eigenvalue weighted by atomic mass is 10.4. The summed E-state index contributed by atoms with van der Waals surface area (Å²) in [5.41, 5.74) is 2.46. The van der Waals surface area contributed by atoms with Crippen LogP contribution >= 0.6 is 11.8 Å². The van der Waals surface area contributed by atoms with Crippen molar-refractivity contribution in [3.63, 3.8) is 0 Å². The Morgan fingerprint density at radius 2 is 2.10 bits per heavy atom. The van der Waals surface area contributed by atoms with Gasteiger partial charge in [-0.1, -0.05) is 0 Å². The maximum Gasteiger partial charge on any atom is 0.242 e. The Morgan fingerprint density at radius 3 is 2.76 bits per heavy atom. The Kier molecular flexibility index (Phi) is 4.13. The summed E-state index contributed by atoms with van der Waals surface area (Å²) in [5, 5.41) is 5.22. The van der Waals surface area contributed by atoms with E-state index in [2.05, 4.69) is 30.5 Å². The van der Waals surface area contributed by atoms with E-state index in [9.17, 15) is 0 Å². The normalized spacial score (nSPS) is 15.2. The third-order valence-electron chi connectivity index (χ3n) is 2.88. The van der Waals surface area contributed by atoms with Crippen LogP contribution in [-0.4, -0.2) is 56.0 Å². The van der Waals surface area contributed by atoms with E-state index in [-0.39, 0.29) is 0 Å². The average molecular weight is 309 g/mol. The highest BCUT2D eigenvalue weighted by Crippen LogP contribution is 2.24. The van der Waals surface area contributed by atoms with Crippen LogP contribution in [0, 0.1) is 0 Å². The second kappa shape index (κ2) is 6.20. The zero-order valence-electron chi connectivity index (χ0n) is 11.4.